The van der Waals surface area contributed by atoms with E-state index in [1.54, 1.807) is 6.29 Å². The monoisotopic (exact) mass is 450 g/mol. The number of unbranched alkanes of at least 4 members (excludes halogenated alkanes) is 5. The van der Waals surface area contributed by atoms with E-state index in [9.17, 15) is 50.5 Å². The van der Waals surface area contributed by atoms with Crippen molar-refractivity contribution in [1.82, 2.24) is 0 Å². The van der Waals surface area contributed by atoms with Crippen LogP contribution < -0.4 is 0 Å². The molecule has 0 bridgehead atoms. The maximum atomic E-state index is 11.4. The molecule has 3 N–H and O–H groups in total. The van der Waals surface area contributed by atoms with Crippen LogP contribution in [0.15, 0.2) is 0 Å². The average molecular weight is 450 g/mol. The molecule has 0 aliphatic heterocycles. The molecule has 6 unspecified atom stereocenters. The first-order valence-corrected chi connectivity index (χ1v) is 10.4. The Kier molecular flexibility index (Phi) is 14.4. The van der Waals surface area contributed by atoms with Gasteiger partial charge in [-0.3, -0.25) is 35.1 Å². The van der Waals surface area contributed by atoms with Crippen molar-refractivity contribution in [2.24, 2.45) is 0 Å². The molecule has 0 heterocycles. The molecule has 179 valence electrons. The van der Waals surface area contributed by atoms with Gasteiger partial charge in [-0.25, -0.2) is 0 Å². The summed E-state index contributed by atoms with van der Waals surface area (Å²) < 4.78 is 0. The number of rotatable bonds is 19. The summed E-state index contributed by atoms with van der Waals surface area (Å²) in [6.07, 6.45) is -1.23. The van der Waals surface area contributed by atoms with Gasteiger partial charge in [-0.15, -0.1) is 0 Å². The SMILES string of the molecule is CCC(O)C(CC(O)C(CC(O)C(CCCCCCC[C]=O)[N+](=O)[O-])[N+](=O)[O-])[N+](=O)[O-]. The molecule has 0 amide bonds. The van der Waals surface area contributed by atoms with Crippen LogP contribution >= 0.6 is 0 Å². The molecule has 0 rings (SSSR count). The topological polar surface area (TPSA) is 207 Å². The molecule has 0 saturated carbocycles. The number of carbonyl (C=O) groups excluding carboxylic acids is 1. The van der Waals surface area contributed by atoms with Crippen molar-refractivity contribution in [2.45, 2.75) is 108 Å². The maximum Gasteiger partial charge on any atom is 0.241 e. The fraction of sp³-hybridized carbons (Fsp3) is 0.944. The molecule has 0 aliphatic rings. The lowest BCUT2D eigenvalue weighted by molar-refractivity contribution is -0.562. The molecule has 6 atom stereocenters. The van der Waals surface area contributed by atoms with Crippen molar-refractivity contribution < 1.29 is 34.9 Å². The van der Waals surface area contributed by atoms with Gasteiger partial charge in [0, 0.05) is 27.6 Å². The minimum Gasteiger partial charge on any atom is -0.386 e. The molecule has 0 fully saturated rings. The second kappa shape index (κ2) is 15.5. The number of aliphatic hydroxyl groups excluding tert-OH is 3. The Morgan fingerprint density at radius 3 is 1.58 bits per heavy atom. The van der Waals surface area contributed by atoms with Gasteiger partial charge < -0.3 is 15.3 Å². The van der Waals surface area contributed by atoms with Crippen LogP contribution in [0, 0.1) is 30.3 Å². The Bertz CT molecular complexity index is 577. The molecule has 0 aliphatic carbocycles. The first-order valence-electron chi connectivity index (χ1n) is 10.4. The Hall–Kier alpha value is -2.25. The van der Waals surface area contributed by atoms with E-state index in [0.717, 1.165) is 12.8 Å². The normalized spacial score (nSPS) is 17.2. The minimum atomic E-state index is -1.87. The highest BCUT2D eigenvalue weighted by Gasteiger charge is 2.42. The highest BCUT2D eigenvalue weighted by molar-refractivity contribution is 5.50. The van der Waals surface area contributed by atoms with Crippen molar-refractivity contribution in [2.75, 3.05) is 0 Å². The number of nitro groups is 3. The zero-order chi connectivity index (χ0) is 24.0. The van der Waals surface area contributed by atoms with E-state index in [2.05, 4.69) is 0 Å². The van der Waals surface area contributed by atoms with Gasteiger partial charge in [0.2, 0.25) is 18.1 Å². The highest BCUT2D eigenvalue weighted by Crippen LogP contribution is 2.20. The second-order valence-electron chi connectivity index (χ2n) is 7.59. The van der Waals surface area contributed by atoms with Crippen LogP contribution in [0.1, 0.15) is 71.1 Å². The molecular weight excluding hydrogens is 418 g/mol. The summed E-state index contributed by atoms with van der Waals surface area (Å²) in [4.78, 5) is 41.4. The molecule has 13 heteroatoms. The van der Waals surface area contributed by atoms with Gasteiger partial charge in [0.15, 0.2) is 6.29 Å². The van der Waals surface area contributed by atoms with E-state index in [4.69, 9.17) is 0 Å². The third-order valence-corrected chi connectivity index (χ3v) is 5.31. The summed E-state index contributed by atoms with van der Waals surface area (Å²) in [5.74, 6) is 0. The third-order valence-electron chi connectivity index (χ3n) is 5.31. The van der Waals surface area contributed by atoms with Crippen molar-refractivity contribution in [3.63, 3.8) is 0 Å². The first-order chi connectivity index (χ1) is 14.6. The quantitative estimate of drug-likeness (QED) is 0.145. The Balaban J connectivity index is 4.94. The van der Waals surface area contributed by atoms with Gasteiger partial charge in [-0.05, 0) is 19.3 Å². The summed E-state index contributed by atoms with van der Waals surface area (Å²) in [5, 5.41) is 63.9. The van der Waals surface area contributed by atoms with Gasteiger partial charge in [-0.2, -0.15) is 0 Å². The predicted octanol–water partition coefficient (Wildman–Crippen LogP) is 1.04. The predicted molar refractivity (Wildman–Crippen MR) is 108 cm³/mol. The third kappa shape index (κ3) is 11.1. The Labute approximate surface area is 179 Å². The van der Waals surface area contributed by atoms with Gasteiger partial charge >= 0.3 is 0 Å². The standard InChI is InChI=1S/C18H32N3O10/c1-2-16(23)14(20(28)29)11-18(25)15(21(30)31)12-17(24)13(19(26)27)9-7-5-3-4-6-8-10-22/h13-18,23-25H,2-9,11-12H2,1H3. The van der Waals surface area contributed by atoms with E-state index in [-0.39, 0.29) is 12.8 Å². The number of hydrogen-bond acceptors (Lipinski definition) is 10. The first kappa shape index (κ1) is 28.8. The van der Waals surface area contributed by atoms with E-state index >= 15 is 0 Å². The van der Waals surface area contributed by atoms with Crippen LogP contribution in [0.25, 0.3) is 0 Å². The lowest BCUT2D eigenvalue weighted by Gasteiger charge is -2.23. The van der Waals surface area contributed by atoms with Crippen molar-refractivity contribution >= 4 is 6.29 Å². The van der Waals surface area contributed by atoms with E-state index in [1.165, 1.54) is 6.92 Å². The lowest BCUT2D eigenvalue weighted by Crippen LogP contribution is -2.46. The summed E-state index contributed by atoms with van der Waals surface area (Å²) in [6.45, 7) is 1.48. The zero-order valence-electron chi connectivity index (χ0n) is 17.6. The maximum absolute atomic E-state index is 11.4. The fourth-order valence-electron chi connectivity index (χ4n) is 3.37. The van der Waals surface area contributed by atoms with Gasteiger partial charge in [-0.1, -0.05) is 26.2 Å². The molecule has 1 radical (unpaired) electrons. The van der Waals surface area contributed by atoms with Gasteiger partial charge in [0.05, 0.1) is 12.8 Å². The molecule has 0 aromatic heterocycles. The molecule has 0 spiro atoms. The smallest absolute Gasteiger partial charge is 0.241 e. The largest absolute Gasteiger partial charge is 0.386 e. The fourth-order valence-corrected chi connectivity index (χ4v) is 3.37. The number of aliphatic hydroxyl groups is 3. The van der Waals surface area contributed by atoms with Crippen LogP contribution in [0.5, 0.6) is 0 Å². The molecule has 0 aromatic carbocycles. The number of hydrogen-bond donors (Lipinski definition) is 3. The molecular formula is C18H32N3O10. The van der Waals surface area contributed by atoms with Crippen LogP contribution in [0.2, 0.25) is 0 Å². The molecule has 0 aromatic rings. The summed E-state index contributed by atoms with van der Waals surface area (Å²) in [5.41, 5.74) is 0. The Morgan fingerprint density at radius 1 is 0.710 bits per heavy atom. The minimum absolute atomic E-state index is 0.000914. The average Bonchev–Trinajstić information content (AvgIpc) is 2.70. The van der Waals surface area contributed by atoms with Gasteiger partial charge in [0.25, 0.3) is 0 Å². The highest BCUT2D eigenvalue weighted by atomic mass is 16.6. The van der Waals surface area contributed by atoms with Crippen LogP contribution in [-0.2, 0) is 4.79 Å². The van der Waals surface area contributed by atoms with E-state index in [1.807, 2.05) is 0 Å². The summed E-state index contributed by atoms with van der Waals surface area (Å²) in [7, 11) is 0. The zero-order valence-corrected chi connectivity index (χ0v) is 17.6. The van der Waals surface area contributed by atoms with Crippen LogP contribution in [0.3, 0.4) is 0 Å². The van der Waals surface area contributed by atoms with E-state index in [0.29, 0.717) is 25.7 Å². The summed E-state index contributed by atoms with van der Waals surface area (Å²) in [6, 6.07) is -4.98. The van der Waals surface area contributed by atoms with Crippen molar-refractivity contribution in [1.29, 1.82) is 0 Å². The lowest BCUT2D eigenvalue weighted by atomic mass is 9.92. The van der Waals surface area contributed by atoms with E-state index < -0.39 is 64.0 Å². The second-order valence-corrected chi connectivity index (χ2v) is 7.59. The van der Waals surface area contributed by atoms with Gasteiger partial charge in [0.1, 0.15) is 18.3 Å². The van der Waals surface area contributed by atoms with Crippen molar-refractivity contribution in [3.05, 3.63) is 30.3 Å². The molecule has 0 saturated heterocycles. The van der Waals surface area contributed by atoms with Crippen LogP contribution in [-0.4, -0.2) is 72.8 Å². The molecule has 31 heavy (non-hydrogen) atoms. The van der Waals surface area contributed by atoms with Crippen LogP contribution in [0.4, 0.5) is 0 Å². The number of nitrogens with zero attached hydrogens (tertiary/aromatic N) is 3. The van der Waals surface area contributed by atoms with Crippen molar-refractivity contribution in [3.8, 4) is 0 Å². The summed E-state index contributed by atoms with van der Waals surface area (Å²) >= 11 is 0. The molecule has 13 nitrogen and oxygen atoms in total. The Morgan fingerprint density at radius 2 is 1.13 bits per heavy atom.